The topological polar surface area (TPSA) is 219 Å². The number of nitrogens with zero attached hydrogens (tertiary/aromatic N) is 10. The van der Waals surface area contributed by atoms with E-state index >= 15 is 0 Å². The van der Waals surface area contributed by atoms with Crippen LogP contribution in [0.3, 0.4) is 0 Å². The molecule has 11 aliphatic rings. The Kier molecular flexibility index (Phi) is 53.1. The second kappa shape index (κ2) is 56.2. The van der Waals surface area contributed by atoms with Crippen molar-refractivity contribution in [2.75, 3.05) is 146 Å². The third-order valence-corrected chi connectivity index (χ3v) is 34.3. The molecule has 0 aliphatic carbocycles. The molecule has 0 bridgehead atoms. The zero-order chi connectivity index (χ0) is 91.2. The highest BCUT2D eigenvalue weighted by Crippen LogP contribution is 2.42. The molecule has 11 heterocycles. The Morgan fingerprint density at radius 3 is 1.21 bits per heavy atom. The minimum atomic E-state index is 0.165. The fraction of sp³-hybridized carbons (Fsp3) is 1.00. The largest absolute Gasteiger partial charge is 0.395 e. The Hall–Kier alpha value is -0.760. The zero-order valence-electron chi connectivity index (χ0n) is 86.6. The van der Waals surface area contributed by atoms with E-state index in [0.29, 0.717) is 71.0 Å². The summed E-state index contributed by atoms with van der Waals surface area (Å²) in [5, 5.41) is 19.5. The molecule has 19 nitrogen and oxygen atoms in total. The number of nitrogens with two attached hydrogens (primary N) is 5. The van der Waals surface area contributed by atoms with E-state index in [1.54, 1.807) is 0 Å². The number of likely N-dealkylation sites (tertiary alicyclic amines) is 9. The summed E-state index contributed by atoms with van der Waals surface area (Å²) in [6, 6.07) is 6.04. The summed E-state index contributed by atoms with van der Waals surface area (Å²) >= 11 is 0. The van der Waals surface area contributed by atoms with Gasteiger partial charge in [0.1, 0.15) is 0 Å². The maximum absolute atomic E-state index is 8.76. The molecule has 11 saturated heterocycles. The second-order valence-corrected chi connectivity index (χ2v) is 42.7. The van der Waals surface area contributed by atoms with E-state index in [1.807, 2.05) is 0 Å². The van der Waals surface area contributed by atoms with Crippen molar-refractivity contribution in [3.8, 4) is 0 Å². The summed E-state index contributed by atoms with van der Waals surface area (Å²) in [6.45, 7) is 78.1. The third kappa shape index (κ3) is 31.7. The van der Waals surface area contributed by atoms with Crippen molar-refractivity contribution in [2.45, 2.75) is 514 Å². The van der Waals surface area contributed by atoms with Gasteiger partial charge in [-0.25, -0.2) is 0 Å². The van der Waals surface area contributed by atoms with E-state index in [4.69, 9.17) is 33.8 Å². The molecule has 0 aromatic carbocycles. The molecule has 10 unspecified atom stereocenters. The van der Waals surface area contributed by atoms with Crippen LogP contribution >= 0.6 is 0 Å². The lowest BCUT2D eigenvalue weighted by Crippen LogP contribution is -2.64. The Labute approximate surface area is 754 Å². The third-order valence-electron chi connectivity index (χ3n) is 34.3. The van der Waals surface area contributed by atoms with Gasteiger partial charge in [0, 0.05) is 123 Å². The molecule has 0 aromatic rings. The summed E-state index contributed by atoms with van der Waals surface area (Å²) in [4.78, 5) is 25.9. The fourth-order valence-corrected chi connectivity index (χ4v) is 24.8. The lowest BCUT2D eigenvalue weighted by molar-refractivity contribution is -0.0340. The molecule has 11 fully saturated rings. The Morgan fingerprint density at radius 1 is 0.388 bits per heavy atom. The highest BCUT2D eigenvalue weighted by atomic mass is 16.3. The number of hydrogen-bond acceptors (Lipinski definition) is 19. The normalized spacial score (nSPS) is 30.5. The van der Waals surface area contributed by atoms with Gasteiger partial charge in [0.2, 0.25) is 0 Å². The summed E-state index contributed by atoms with van der Waals surface area (Å²) in [5.41, 5.74) is 33.0. The predicted octanol–water partition coefficient (Wildman–Crippen LogP) is 17.0. The lowest BCUT2D eigenvalue weighted by Gasteiger charge is -2.54. The van der Waals surface area contributed by atoms with Gasteiger partial charge in [-0.05, 0) is 415 Å². The molecule has 19 heteroatoms. The Bertz CT molecular complexity index is 2580. The minimum Gasteiger partial charge on any atom is -0.395 e. The Balaban J connectivity index is 0.000000354. The summed E-state index contributed by atoms with van der Waals surface area (Å²) < 4.78 is 0. The Morgan fingerprint density at radius 2 is 0.802 bits per heavy atom. The number of hydrogen-bond donors (Lipinski definition) is 9. The molecule has 11 rings (SSSR count). The molecule has 14 N–H and O–H groups in total. The van der Waals surface area contributed by atoms with Crippen LogP contribution in [-0.4, -0.2) is 316 Å². The average molecular weight is 1710 g/mol. The van der Waals surface area contributed by atoms with Gasteiger partial charge >= 0.3 is 0 Å². The van der Waals surface area contributed by atoms with Crippen molar-refractivity contribution in [1.29, 1.82) is 0 Å². The van der Waals surface area contributed by atoms with Gasteiger partial charge in [0.25, 0.3) is 0 Å². The first-order chi connectivity index (χ1) is 57.2. The molecule has 0 radical (unpaired) electrons. The molecule has 11 aliphatic heterocycles. The summed E-state index contributed by atoms with van der Waals surface area (Å²) in [6.07, 6.45) is 45.6. The number of aliphatic hydroxyl groups is 1. The summed E-state index contributed by atoms with van der Waals surface area (Å²) in [7, 11) is 8.81. The van der Waals surface area contributed by atoms with Gasteiger partial charge in [-0.1, -0.05) is 116 Å². The van der Waals surface area contributed by atoms with Crippen molar-refractivity contribution in [3.05, 3.63) is 0 Å². The smallest absolute Gasteiger partial charge is 0.0556 e. The van der Waals surface area contributed by atoms with E-state index in [2.05, 4.69) is 266 Å². The van der Waals surface area contributed by atoms with Gasteiger partial charge < -0.3 is 54.6 Å². The van der Waals surface area contributed by atoms with Gasteiger partial charge in [-0.15, -0.1) is 0 Å². The number of rotatable bonds is 24. The average Bonchev–Trinajstić information content (AvgIpc) is 1.72. The molecule has 722 valence electrons. The van der Waals surface area contributed by atoms with Crippen LogP contribution in [0.2, 0.25) is 0 Å². The van der Waals surface area contributed by atoms with E-state index in [0.717, 1.165) is 43.8 Å². The first-order valence-corrected chi connectivity index (χ1v) is 52.2. The van der Waals surface area contributed by atoms with Gasteiger partial charge in [0.15, 0.2) is 0 Å². The van der Waals surface area contributed by atoms with E-state index in [1.165, 1.54) is 310 Å². The zero-order valence-corrected chi connectivity index (χ0v) is 86.6. The van der Waals surface area contributed by atoms with E-state index < -0.39 is 0 Å². The molecular weight excluding hydrogens is 1490 g/mol. The van der Waals surface area contributed by atoms with Crippen LogP contribution in [0.1, 0.15) is 398 Å². The van der Waals surface area contributed by atoms with Crippen molar-refractivity contribution in [3.63, 3.8) is 0 Å². The SMILES string of the molecule is CC1(C)NCCCC1N.CCC1(CC)C(N)CCCN1C(C)C.CCCCCCC1CCC(N2CCCC2)C(C)(C)N1.CCN1CCCC(N(C)C)C1(CC)CC.CCN1CCCC(N)C1(C)C.CCN1CCCC(N)C1(CC)CC.CCN1CCCC(N2CCCC2)C1(CC)CC.CN1CCCC(N)C1(C)C.CN1CCCC(NCCO)C1(C)C. The van der Waals surface area contributed by atoms with Crippen molar-refractivity contribution >= 4 is 0 Å². The molecule has 0 spiro atoms. The van der Waals surface area contributed by atoms with Crippen LogP contribution in [0.15, 0.2) is 0 Å². The quantitative estimate of drug-likeness (QED) is 0.0410. The molecular formula is C102H218N18O. The molecule has 0 amide bonds. The van der Waals surface area contributed by atoms with Crippen LogP contribution in [-0.2, 0) is 0 Å². The van der Waals surface area contributed by atoms with Crippen LogP contribution in [0.5, 0.6) is 0 Å². The van der Waals surface area contributed by atoms with E-state index in [-0.39, 0.29) is 34.3 Å². The molecule has 10 atom stereocenters. The molecule has 0 saturated carbocycles. The highest BCUT2D eigenvalue weighted by Gasteiger charge is 2.49. The maximum Gasteiger partial charge on any atom is 0.0556 e. The van der Waals surface area contributed by atoms with Crippen LogP contribution in [0.25, 0.3) is 0 Å². The van der Waals surface area contributed by atoms with E-state index in [9.17, 15) is 0 Å². The van der Waals surface area contributed by atoms with Crippen LogP contribution < -0.4 is 44.6 Å². The monoisotopic (exact) mass is 1710 g/mol. The number of unbranched alkanes of at least 4 members (excludes halogenated alkanes) is 3. The molecule has 121 heavy (non-hydrogen) atoms. The van der Waals surface area contributed by atoms with Crippen molar-refractivity contribution in [2.24, 2.45) is 28.7 Å². The maximum atomic E-state index is 8.76. The highest BCUT2D eigenvalue weighted by molar-refractivity contribution is 5.07. The number of likely N-dealkylation sites (N-methyl/N-ethyl adjacent to an activating group) is 7. The van der Waals surface area contributed by atoms with Gasteiger partial charge in [0.05, 0.1) is 6.61 Å². The predicted molar refractivity (Wildman–Crippen MR) is 532 cm³/mol. The van der Waals surface area contributed by atoms with Gasteiger partial charge in [-0.2, -0.15) is 0 Å². The fourth-order valence-electron chi connectivity index (χ4n) is 24.8. The van der Waals surface area contributed by atoms with Crippen LogP contribution in [0.4, 0.5) is 0 Å². The standard InChI is InChI=1S/C17H34N2.C15H30N2.C13H28N2.C12H26N2.C11H24N2.C10H22N2O.C9H20N2.C8H18N2.C7H16N2/c1-4-5-6-7-10-15-11-12-16(17(2,3)18-15)19-13-8-9-14-19;1-4-15(5-2)14(16-11-7-8-12-16)10-9-13-17(15)6-3;1-6-13(7-2)12(14(4)5)10-9-11-15(13)8-3;1-5-12(6-2)11(13)8-7-9-14(12)10(3)4;1-4-11(5-2)10(12)8-7-9-13(11)6-3;1-10(2)9(11-6-8-13)5-4-7-12(10)3;1-4-11-7-5-6-8(10)9(11,2)3;1-8(2)7(9)5-4-6-10(8)3;1-7(2)6(8)4-3-5-9-7/h15-16,18H,4-14H2,1-3H3;14H,4-13H2,1-3H3;12H,6-11H2,1-5H3;10-11H,5-9,13H2,1-4H3;10H,4-9,12H2,1-3H3;9,11,13H,4-8H2,1-3H3;8H,4-7,10H2,1-3H3;7H,4-6,9H2,1-3H3;6,9H,3-5,8H2,1-2H3. The number of aliphatic hydroxyl groups excluding tert-OH is 1. The first kappa shape index (κ1) is 114. The second-order valence-electron chi connectivity index (χ2n) is 42.7. The summed E-state index contributed by atoms with van der Waals surface area (Å²) in [5.74, 6) is 0. The molecule has 0 aromatic heterocycles. The minimum absolute atomic E-state index is 0.165. The lowest BCUT2D eigenvalue weighted by atomic mass is 9.76. The van der Waals surface area contributed by atoms with Crippen molar-refractivity contribution in [1.82, 2.24) is 64.9 Å². The number of piperidine rings is 9. The first-order valence-electron chi connectivity index (χ1n) is 52.2. The van der Waals surface area contributed by atoms with Crippen LogP contribution in [0, 0.1) is 0 Å². The van der Waals surface area contributed by atoms with Gasteiger partial charge in [-0.3, -0.25) is 44.1 Å². The van der Waals surface area contributed by atoms with Crippen molar-refractivity contribution < 1.29 is 5.11 Å². The number of nitrogens with one attached hydrogen (secondary N) is 3.